The van der Waals surface area contributed by atoms with E-state index >= 15 is 0 Å². The summed E-state index contributed by atoms with van der Waals surface area (Å²) in [5.41, 5.74) is 0.586. The normalized spacial score (nSPS) is 11.8. The number of carbonyl (C=O) groups is 1. The average molecular weight is 447 g/mol. The van der Waals surface area contributed by atoms with Crippen molar-refractivity contribution >= 4 is 28.5 Å². The van der Waals surface area contributed by atoms with Gasteiger partial charge in [-0.2, -0.15) is 0 Å². The smallest absolute Gasteiger partial charge is 0.252 e. The number of hydrogen-bond acceptors (Lipinski definition) is 3. The Hall–Kier alpha value is -1.90. The molecule has 7 heteroatoms. The number of hydrogen-bond donors (Lipinski definition) is 1. The standard InChI is InChI=1S/C17H16F2INO3/c1-9(11-5-4-10(18)6-13(11)19)21-17(22)12-7-15(23-2)16(24-3)8-14(12)20/h4-9H,1-3H3,(H,21,22). The third-order valence-corrected chi connectivity index (χ3v) is 4.39. The van der Waals surface area contributed by atoms with E-state index in [1.165, 1.54) is 20.3 Å². The van der Waals surface area contributed by atoms with E-state index in [4.69, 9.17) is 9.47 Å². The highest BCUT2D eigenvalue weighted by molar-refractivity contribution is 14.1. The van der Waals surface area contributed by atoms with Crippen LogP contribution in [0, 0.1) is 15.2 Å². The number of benzene rings is 2. The molecule has 0 aliphatic rings. The van der Waals surface area contributed by atoms with E-state index in [9.17, 15) is 13.6 Å². The lowest BCUT2D eigenvalue weighted by Crippen LogP contribution is -2.28. The minimum Gasteiger partial charge on any atom is -0.493 e. The molecule has 1 N–H and O–H groups in total. The summed E-state index contributed by atoms with van der Waals surface area (Å²) < 4.78 is 37.9. The number of amides is 1. The van der Waals surface area contributed by atoms with Crippen molar-refractivity contribution < 1.29 is 23.0 Å². The summed E-state index contributed by atoms with van der Waals surface area (Å²) in [6.45, 7) is 1.63. The molecule has 24 heavy (non-hydrogen) atoms. The van der Waals surface area contributed by atoms with Crippen LogP contribution in [-0.2, 0) is 0 Å². The van der Waals surface area contributed by atoms with Gasteiger partial charge in [0.05, 0.1) is 25.8 Å². The van der Waals surface area contributed by atoms with Crippen molar-refractivity contribution in [2.24, 2.45) is 0 Å². The summed E-state index contributed by atoms with van der Waals surface area (Å²) in [7, 11) is 2.98. The SMILES string of the molecule is COc1cc(I)c(C(=O)NC(C)c2ccc(F)cc2F)cc1OC. The molecule has 1 unspecified atom stereocenters. The first-order chi connectivity index (χ1) is 11.4. The third kappa shape index (κ3) is 3.95. The first-order valence-electron chi connectivity index (χ1n) is 7.04. The molecule has 2 rings (SSSR count). The number of ether oxygens (including phenoxy) is 2. The second-order valence-electron chi connectivity index (χ2n) is 5.05. The zero-order valence-electron chi connectivity index (χ0n) is 13.3. The van der Waals surface area contributed by atoms with Crippen molar-refractivity contribution in [2.45, 2.75) is 13.0 Å². The molecule has 0 saturated carbocycles. The van der Waals surface area contributed by atoms with Crippen LogP contribution >= 0.6 is 22.6 Å². The van der Waals surface area contributed by atoms with Crippen LogP contribution in [0.1, 0.15) is 28.9 Å². The van der Waals surface area contributed by atoms with Gasteiger partial charge in [0.2, 0.25) is 0 Å². The summed E-state index contributed by atoms with van der Waals surface area (Å²) in [5.74, 6) is -0.828. The minimum absolute atomic E-state index is 0.209. The molecule has 0 spiro atoms. The zero-order chi connectivity index (χ0) is 17.9. The van der Waals surface area contributed by atoms with Gasteiger partial charge in [-0.05, 0) is 47.7 Å². The van der Waals surface area contributed by atoms with Gasteiger partial charge in [-0.15, -0.1) is 0 Å². The van der Waals surface area contributed by atoms with Gasteiger partial charge < -0.3 is 14.8 Å². The fraction of sp³-hybridized carbons (Fsp3) is 0.235. The molecule has 2 aromatic carbocycles. The lowest BCUT2D eigenvalue weighted by atomic mass is 10.1. The summed E-state index contributed by atoms with van der Waals surface area (Å²) in [4.78, 5) is 12.5. The van der Waals surface area contributed by atoms with Crippen LogP contribution in [0.5, 0.6) is 11.5 Å². The molecule has 128 valence electrons. The van der Waals surface area contributed by atoms with Gasteiger partial charge in [-0.1, -0.05) is 6.07 Å². The van der Waals surface area contributed by atoms with Gasteiger partial charge in [-0.3, -0.25) is 4.79 Å². The van der Waals surface area contributed by atoms with Crippen molar-refractivity contribution in [1.29, 1.82) is 0 Å². The molecular weight excluding hydrogens is 431 g/mol. The number of methoxy groups -OCH3 is 2. The molecule has 0 radical (unpaired) electrons. The lowest BCUT2D eigenvalue weighted by Gasteiger charge is -2.17. The van der Waals surface area contributed by atoms with Crippen molar-refractivity contribution in [3.8, 4) is 11.5 Å². The summed E-state index contributed by atoms with van der Waals surface area (Å²) in [6, 6.07) is 5.87. The van der Waals surface area contributed by atoms with E-state index in [0.717, 1.165) is 12.1 Å². The quantitative estimate of drug-likeness (QED) is 0.704. The Balaban J connectivity index is 2.26. The number of carbonyl (C=O) groups excluding carboxylic acids is 1. The summed E-state index contributed by atoms with van der Waals surface area (Å²) in [6.07, 6.45) is 0. The largest absolute Gasteiger partial charge is 0.493 e. The molecule has 0 heterocycles. The van der Waals surface area contributed by atoms with E-state index in [0.29, 0.717) is 20.6 Å². The Morgan fingerprint density at radius 3 is 2.33 bits per heavy atom. The number of rotatable bonds is 5. The summed E-state index contributed by atoms with van der Waals surface area (Å²) >= 11 is 2.01. The average Bonchev–Trinajstić information content (AvgIpc) is 2.54. The number of nitrogens with one attached hydrogen (secondary N) is 1. The first-order valence-corrected chi connectivity index (χ1v) is 8.12. The highest BCUT2D eigenvalue weighted by atomic mass is 127. The fourth-order valence-electron chi connectivity index (χ4n) is 2.23. The molecule has 0 fully saturated rings. The van der Waals surface area contributed by atoms with Gasteiger partial charge in [0.1, 0.15) is 11.6 Å². The van der Waals surface area contributed by atoms with Gasteiger partial charge in [0.25, 0.3) is 5.91 Å². The first kappa shape index (κ1) is 18.4. The second kappa shape index (κ2) is 7.78. The lowest BCUT2D eigenvalue weighted by molar-refractivity contribution is 0.0938. The summed E-state index contributed by atoms with van der Waals surface area (Å²) in [5, 5.41) is 2.70. The maximum absolute atomic E-state index is 13.8. The maximum atomic E-state index is 13.8. The van der Waals surface area contributed by atoms with Crippen molar-refractivity contribution in [2.75, 3.05) is 14.2 Å². The van der Waals surface area contributed by atoms with Crippen LogP contribution in [0.3, 0.4) is 0 Å². The van der Waals surface area contributed by atoms with E-state index in [1.54, 1.807) is 19.1 Å². The Morgan fingerprint density at radius 1 is 1.12 bits per heavy atom. The van der Waals surface area contributed by atoms with E-state index in [-0.39, 0.29) is 5.56 Å². The molecule has 0 aliphatic heterocycles. The molecule has 0 aromatic heterocycles. The Labute approximate surface area is 152 Å². The Kier molecular flexibility index (Phi) is 5.98. The third-order valence-electron chi connectivity index (χ3n) is 3.49. The zero-order valence-corrected chi connectivity index (χ0v) is 15.5. The van der Waals surface area contributed by atoms with Crippen LogP contribution < -0.4 is 14.8 Å². The Morgan fingerprint density at radius 2 is 1.75 bits per heavy atom. The van der Waals surface area contributed by atoms with Crippen LogP contribution in [0.15, 0.2) is 30.3 Å². The molecule has 0 saturated heterocycles. The highest BCUT2D eigenvalue weighted by Crippen LogP contribution is 2.31. The van der Waals surface area contributed by atoms with Gasteiger partial charge in [0, 0.05) is 15.2 Å². The van der Waals surface area contributed by atoms with Crippen LogP contribution in [0.2, 0.25) is 0 Å². The molecule has 1 atom stereocenters. The predicted molar refractivity (Wildman–Crippen MR) is 94.5 cm³/mol. The molecular formula is C17H16F2INO3. The molecule has 4 nitrogen and oxygen atoms in total. The van der Waals surface area contributed by atoms with Crippen LogP contribution in [-0.4, -0.2) is 20.1 Å². The van der Waals surface area contributed by atoms with Crippen LogP contribution in [0.25, 0.3) is 0 Å². The molecule has 0 bridgehead atoms. The topological polar surface area (TPSA) is 47.6 Å². The maximum Gasteiger partial charge on any atom is 0.252 e. The van der Waals surface area contributed by atoms with Crippen molar-refractivity contribution in [1.82, 2.24) is 5.32 Å². The van der Waals surface area contributed by atoms with E-state index < -0.39 is 23.6 Å². The minimum atomic E-state index is -0.704. The fourth-order valence-corrected chi connectivity index (χ4v) is 2.92. The van der Waals surface area contributed by atoms with Crippen molar-refractivity contribution in [3.63, 3.8) is 0 Å². The monoisotopic (exact) mass is 447 g/mol. The Bertz CT molecular complexity index is 768. The van der Waals surface area contributed by atoms with E-state index in [1.807, 2.05) is 22.6 Å². The van der Waals surface area contributed by atoms with Gasteiger partial charge in [0.15, 0.2) is 11.5 Å². The van der Waals surface area contributed by atoms with Gasteiger partial charge >= 0.3 is 0 Å². The predicted octanol–water partition coefficient (Wildman–Crippen LogP) is 4.08. The second-order valence-corrected chi connectivity index (χ2v) is 6.21. The molecule has 1 amide bonds. The van der Waals surface area contributed by atoms with Gasteiger partial charge in [-0.25, -0.2) is 8.78 Å². The van der Waals surface area contributed by atoms with E-state index in [2.05, 4.69) is 5.32 Å². The van der Waals surface area contributed by atoms with Crippen molar-refractivity contribution in [3.05, 3.63) is 56.7 Å². The highest BCUT2D eigenvalue weighted by Gasteiger charge is 2.19. The van der Waals surface area contributed by atoms with Crippen LogP contribution in [0.4, 0.5) is 8.78 Å². The molecule has 2 aromatic rings. The number of halogens is 3. The molecule has 0 aliphatic carbocycles.